The summed E-state index contributed by atoms with van der Waals surface area (Å²) < 4.78 is 7.26. The number of hydrogen-bond donors (Lipinski definition) is 0. The van der Waals surface area contributed by atoms with Crippen LogP contribution in [0.2, 0.25) is 0 Å². The molecular formula is C67H48N6. The summed E-state index contributed by atoms with van der Waals surface area (Å²) in [5, 5.41) is 7.46. The van der Waals surface area contributed by atoms with E-state index in [2.05, 4.69) is 199 Å². The maximum atomic E-state index is 5.06. The van der Waals surface area contributed by atoms with Crippen LogP contribution in [-0.4, -0.2) is 28.7 Å². The van der Waals surface area contributed by atoms with Crippen LogP contribution in [0.15, 0.2) is 218 Å². The fourth-order valence-corrected chi connectivity index (χ4v) is 11.2. The highest BCUT2D eigenvalue weighted by atomic mass is 15.0. The van der Waals surface area contributed by atoms with E-state index in [-0.39, 0.29) is 0 Å². The molecule has 4 heterocycles. The molecule has 6 heteroatoms. The van der Waals surface area contributed by atoms with E-state index < -0.39 is 0 Å². The van der Waals surface area contributed by atoms with Crippen LogP contribution in [0.25, 0.3) is 128 Å². The monoisotopic (exact) mass is 936 g/mol. The van der Waals surface area contributed by atoms with Crippen LogP contribution in [0.3, 0.4) is 0 Å². The fraction of sp³-hybridized carbons (Fsp3) is 0.0597. The SMILES string of the molecule is Cc1ccc2c(c1)c1cc(C)ccc1n2-c1ccc(-c2ccc3c4ccc(-n5c6ccc(C)cc6c6cc(C)ccc65)cc4n(-c4ccc(-c5nc(-c6ccccc6)nc(-c6ccccc6)n5)cc4)c3c2)cc1. The van der Waals surface area contributed by atoms with Crippen molar-refractivity contribution in [1.82, 2.24) is 28.7 Å². The standard InChI is InChI=1S/C67H48N6/c1-41-15-31-59-55(35-41)56-36-42(2)16-32-60(56)71(59)50-24-19-45(20-25-50)49-23-29-53-54-30-28-52(73-61-33-17-43(3)37-57(61)58-38-44(4)18-34-62(58)73)40-64(54)72(63(53)39-49)51-26-21-48(22-27-51)67-69-65(46-11-7-5-8-12-46)68-66(70-67)47-13-9-6-10-14-47/h5-40H,1-4H3. The Kier molecular flexibility index (Phi) is 9.67. The number of aromatic nitrogens is 6. The van der Waals surface area contributed by atoms with E-state index in [1.54, 1.807) is 0 Å². The maximum absolute atomic E-state index is 5.06. The lowest BCUT2D eigenvalue weighted by atomic mass is 10.0. The number of fused-ring (bicyclic) bond motifs is 9. The first-order chi connectivity index (χ1) is 35.8. The average molecular weight is 937 g/mol. The van der Waals surface area contributed by atoms with E-state index in [9.17, 15) is 0 Å². The lowest BCUT2D eigenvalue weighted by Crippen LogP contribution is -2.00. The average Bonchev–Trinajstić information content (AvgIpc) is 4.05. The maximum Gasteiger partial charge on any atom is 0.164 e. The van der Waals surface area contributed by atoms with E-state index in [4.69, 9.17) is 15.0 Å². The molecule has 0 aliphatic rings. The molecule has 0 N–H and O–H groups in total. The van der Waals surface area contributed by atoms with Crippen LogP contribution < -0.4 is 0 Å². The van der Waals surface area contributed by atoms with Crippen LogP contribution in [0.5, 0.6) is 0 Å². The summed E-state index contributed by atoms with van der Waals surface area (Å²) >= 11 is 0. The highest BCUT2D eigenvalue weighted by Crippen LogP contribution is 2.40. The Labute approximate surface area is 422 Å². The fourth-order valence-electron chi connectivity index (χ4n) is 11.2. The van der Waals surface area contributed by atoms with Gasteiger partial charge in [0, 0.05) is 66.1 Å². The zero-order valence-corrected chi connectivity index (χ0v) is 41.0. The molecule has 6 nitrogen and oxygen atoms in total. The predicted octanol–water partition coefficient (Wildman–Crippen LogP) is 17.1. The van der Waals surface area contributed by atoms with Gasteiger partial charge in [-0.2, -0.15) is 0 Å². The highest BCUT2D eigenvalue weighted by Gasteiger charge is 2.20. The third-order valence-corrected chi connectivity index (χ3v) is 14.7. The molecule has 0 unspecified atom stereocenters. The van der Waals surface area contributed by atoms with Crippen molar-refractivity contribution in [3.8, 4) is 62.4 Å². The molecule has 0 atom stereocenters. The third kappa shape index (κ3) is 7.05. The van der Waals surface area contributed by atoms with Gasteiger partial charge in [-0.3, -0.25) is 0 Å². The number of aryl methyl sites for hydroxylation is 4. The Morgan fingerprint density at radius 3 is 1.00 bits per heavy atom. The summed E-state index contributed by atoms with van der Waals surface area (Å²) in [6.45, 7) is 8.69. The van der Waals surface area contributed by atoms with E-state index >= 15 is 0 Å². The van der Waals surface area contributed by atoms with Crippen molar-refractivity contribution in [3.63, 3.8) is 0 Å². The lowest BCUT2D eigenvalue weighted by molar-refractivity contribution is 1.07. The number of benzene rings is 10. The van der Waals surface area contributed by atoms with Gasteiger partial charge in [0.15, 0.2) is 17.5 Å². The molecule has 73 heavy (non-hydrogen) atoms. The summed E-state index contributed by atoms with van der Waals surface area (Å²) in [7, 11) is 0. The number of hydrogen-bond acceptors (Lipinski definition) is 3. The molecule has 0 saturated carbocycles. The summed E-state index contributed by atoms with van der Waals surface area (Å²) in [5.41, 5.74) is 20.5. The Morgan fingerprint density at radius 2 is 0.562 bits per heavy atom. The van der Waals surface area contributed by atoms with Gasteiger partial charge in [-0.15, -0.1) is 0 Å². The molecule has 0 amide bonds. The van der Waals surface area contributed by atoms with Gasteiger partial charge in [0.2, 0.25) is 0 Å². The minimum absolute atomic E-state index is 0.623. The Balaban J connectivity index is 0.938. The Hall–Kier alpha value is -9.39. The van der Waals surface area contributed by atoms with Gasteiger partial charge in [-0.05, 0) is 142 Å². The normalized spacial score (nSPS) is 11.8. The van der Waals surface area contributed by atoms with Crippen LogP contribution in [0, 0.1) is 27.7 Å². The second-order valence-electron chi connectivity index (χ2n) is 19.7. The van der Waals surface area contributed by atoms with Gasteiger partial charge in [-0.25, -0.2) is 15.0 Å². The van der Waals surface area contributed by atoms with Gasteiger partial charge in [0.1, 0.15) is 0 Å². The Bertz CT molecular complexity index is 4320. The van der Waals surface area contributed by atoms with Crippen molar-refractivity contribution < 1.29 is 0 Å². The van der Waals surface area contributed by atoms with Crippen LogP contribution in [0.1, 0.15) is 22.3 Å². The van der Waals surface area contributed by atoms with E-state index in [0.717, 1.165) is 55.9 Å². The third-order valence-electron chi connectivity index (χ3n) is 14.7. The van der Waals surface area contributed by atoms with E-state index in [0.29, 0.717) is 17.5 Å². The van der Waals surface area contributed by atoms with Gasteiger partial charge < -0.3 is 13.7 Å². The first kappa shape index (κ1) is 42.5. The first-order valence-corrected chi connectivity index (χ1v) is 25.0. The molecule has 346 valence electrons. The molecule has 14 rings (SSSR count). The molecule has 0 bridgehead atoms. The molecule has 0 aliphatic heterocycles. The molecule has 0 aliphatic carbocycles. The van der Waals surface area contributed by atoms with Crippen LogP contribution >= 0.6 is 0 Å². The van der Waals surface area contributed by atoms with Gasteiger partial charge in [0.25, 0.3) is 0 Å². The molecule has 14 aromatic rings. The zero-order valence-electron chi connectivity index (χ0n) is 41.0. The van der Waals surface area contributed by atoms with Crippen molar-refractivity contribution in [2.45, 2.75) is 27.7 Å². The Morgan fingerprint density at radius 1 is 0.233 bits per heavy atom. The van der Waals surface area contributed by atoms with Crippen molar-refractivity contribution in [3.05, 3.63) is 241 Å². The molecule has 0 saturated heterocycles. The van der Waals surface area contributed by atoms with Crippen LogP contribution in [0.4, 0.5) is 0 Å². The summed E-state index contributed by atoms with van der Waals surface area (Å²) in [6.07, 6.45) is 0. The predicted molar refractivity (Wildman–Crippen MR) is 304 cm³/mol. The molecule has 0 fully saturated rings. The highest BCUT2D eigenvalue weighted by molar-refractivity contribution is 6.13. The van der Waals surface area contributed by atoms with Gasteiger partial charge in [-0.1, -0.05) is 138 Å². The molecule has 10 aromatic carbocycles. The summed E-state index contributed by atoms with van der Waals surface area (Å²) in [6, 6.07) is 79.2. The minimum Gasteiger partial charge on any atom is -0.309 e. The molecule has 0 spiro atoms. The van der Waals surface area contributed by atoms with Crippen molar-refractivity contribution in [2.24, 2.45) is 0 Å². The zero-order chi connectivity index (χ0) is 48.9. The van der Waals surface area contributed by atoms with E-state index in [1.165, 1.54) is 76.6 Å². The topological polar surface area (TPSA) is 53.5 Å². The van der Waals surface area contributed by atoms with Gasteiger partial charge >= 0.3 is 0 Å². The second kappa shape index (κ2) is 16.6. The summed E-state index contributed by atoms with van der Waals surface area (Å²) in [4.78, 5) is 15.1. The van der Waals surface area contributed by atoms with E-state index in [1.807, 2.05) is 60.7 Å². The lowest BCUT2D eigenvalue weighted by Gasteiger charge is -2.13. The number of nitrogens with zero attached hydrogens (tertiary/aromatic N) is 6. The number of rotatable bonds is 7. The molecule has 0 radical (unpaired) electrons. The van der Waals surface area contributed by atoms with Gasteiger partial charge in [0.05, 0.1) is 33.1 Å². The van der Waals surface area contributed by atoms with Crippen molar-refractivity contribution >= 4 is 65.4 Å². The van der Waals surface area contributed by atoms with Crippen LogP contribution in [-0.2, 0) is 0 Å². The molecule has 4 aromatic heterocycles. The van der Waals surface area contributed by atoms with Crippen molar-refractivity contribution in [1.29, 1.82) is 0 Å². The molecular weight excluding hydrogens is 889 g/mol. The largest absolute Gasteiger partial charge is 0.309 e. The minimum atomic E-state index is 0.623. The van der Waals surface area contributed by atoms with Crippen molar-refractivity contribution in [2.75, 3.05) is 0 Å². The smallest absolute Gasteiger partial charge is 0.164 e. The quantitative estimate of drug-likeness (QED) is 0.160. The summed E-state index contributed by atoms with van der Waals surface area (Å²) in [5.74, 6) is 1.90. The second-order valence-corrected chi connectivity index (χ2v) is 19.7. The first-order valence-electron chi connectivity index (χ1n) is 25.0.